The number of halogens is 1. The van der Waals surface area contributed by atoms with Crippen molar-refractivity contribution in [1.82, 2.24) is 14.7 Å². The molecular weight excluding hydrogens is 310 g/mol. The zero-order valence-electron chi connectivity index (χ0n) is 13.9. The highest BCUT2D eigenvalue weighted by Crippen LogP contribution is 2.18. The van der Waals surface area contributed by atoms with Crippen LogP contribution in [-0.2, 0) is 0 Å². The molecule has 0 saturated carbocycles. The van der Waals surface area contributed by atoms with E-state index in [1.807, 2.05) is 17.0 Å². The van der Waals surface area contributed by atoms with Crippen molar-refractivity contribution >= 4 is 17.5 Å². The SMILES string of the molecule is CN1CCCCC1CN1CCN(C(=O)c2cccc(Cl)c2)CC1. The van der Waals surface area contributed by atoms with E-state index >= 15 is 0 Å². The van der Waals surface area contributed by atoms with Gasteiger partial charge in [0.25, 0.3) is 5.91 Å². The van der Waals surface area contributed by atoms with Gasteiger partial charge in [-0.2, -0.15) is 0 Å². The Bertz CT molecular complexity index is 543. The minimum atomic E-state index is 0.0990. The van der Waals surface area contributed by atoms with E-state index in [2.05, 4.69) is 16.8 Å². The number of piperidine rings is 1. The average Bonchev–Trinajstić information content (AvgIpc) is 2.57. The topological polar surface area (TPSA) is 26.8 Å². The molecule has 0 aliphatic carbocycles. The van der Waals surface area contributed by atoms with Crippen LogP contribution < -0.4 is 0 Å². The summed E-state index contributed by atoms with van der Waals surface area (Å²) in [7, 11) is 2.24. The van der Waals surface area contributed by atoms with E-state index in [0.29, 0.717) is 16.6 Å². The van der Waals surface area contributed by atoms with Crippen LogP contribution in [0.15, 0.2) is 24.3 Å². The van der Waals surface area contributed by atoms with Crippen molar-refractivity contribution in [3.05, 3.63) is 34.9 Å². The summed E-state index contributed by atoms with van der Waals surface area (Å²) in [5.41, 5.74) is 0.693. The van der Waals surface area contributed by atoms with E-state index < -0.39 is 0 Å². The summed E-state index contributed by atoms with van der Waals surface area (Å²) in [5, 5.41) is 0.620. The predicted molar refractivity (Wildman–Crippen MR) is 94.1 cm³/mol. The van der Waals surface area contributed by atoms with E-state index in [4.69, 9.17) is 11.6 Å². The highest BCUT2D eigenvalue weighted by Gasteiger charge is 2.26. The summed E-state index contributed by atoms with van der Waals surface area (Å²) in [6.07, 6.45) is 3.98. The van der Waals surface area contributed by atoms with Gasteiger partial charge in [-0.25, -0.2) is 0 Å². The van der Waals surface area contributed by atoms with Crippen LogP contribution in [0.2, 0.25) is 5.02 Å². The summed E-state index contributed by atoms with van der Waals surface area (Å²) in [6.45, 7) is 5.91. The predicted octanol–water partition coefficient (Wildman–Crippen LogP) is 2.58. The molecular formula is C18H26ClN3O. The molecule has 0 bridgehead atoms. The first-order valence-electron chi connectivity index (χ1n) is 8.61. The first-order chi connectivity index (χ1) is 11.1. The summed E-state index contributed by atoms with van der Waals surface area (Å²) in [6, 6.07) is 7.92. The minimum absolute atomic E-state index is 0.0990. The lowest BCUT2D eigenvalue weighted by molar-refractivity contribution is 0.0565. The van der Waals surface area contributed by atoms with Gasteiger partial charge >= 0.3 is 0 Å². The quantitative estimate of drug-likeness (QED) is 0.849. The molecule has 0 spiro atoms. The van der Waals surface area contributed by atoms with Crippen molar-refractivity contribution in [1.29, 1.82) is 0 Å². The molecule has 23 heavy (non-hydrogen) atoms. The van der Waals surface area contributed by atoms with Crippen LogP contribution in [0.5, 0.6) is 0 Å². The molecule has 2 saturated heterocycles. The third-order valence-corrected chi connectivity index (χ3v) is 5.36. The molecule has 1 unspecified atom stereocenters. The van der Waals surface area contributed by atoms with Crippen molar-refractivity contribution in [3.63, 3.8) is 0 Å². The number of rotatable bonds is 3. The van der Waals surface area contributed by atoms with Gasteiger partial charge in [0.1, 0.15) is 0 Å². The molecule has 1 aromatic carbocycles. The third-order valence-electron chi connectivity index (χ3n) is 5.12. The van der Waals surface area contributed by atoms with Crippen LogP contribution in [0, 0.1) is 0 Å². The highest BCUT2D eigenvalue weighted by atomic mass is 35.5. The molecule has 2 aliphatic heterocycles. The molecule has 4 nitrogen and oxygen atoms in total. The van der Waals surface area contributed by atoms with Crippen molar-refractivity contribution in [3.8, 4) is 0 Å². The van der Waals surface area contributed by atoms with Crippen molar-refractivity contribution < 1.29 is 4.79 Å². The third kappa shape index (κ3) is 4.25. The Kier molecular flexibility index (Phi) is 5.57. The minimum Gasteiger partial charge on any atom is -0.336 e. The molecule has 3 rings (SSSR count). The van der Waals surface area contributed by atoms with Gasteiger partial charge in [0.05, 0.1) is 0 Å². The van der Waals surface area contributed by atoms with Crippen LogP contribution >= 0.6 is 11.6 Å². The summed E-state index contributed by atoms with van der Waals surface area (Å²) < 4.78 is 0. The monoisotopic (exact) mass is 335 g/mol. The Morgan fingerprint density at radius 3 is 2.65 bits per heavy atom. The number of hydrogen-bond donors (Lipinski definition) is 0. The number of likely N-dealkylation sites (N-methyl/N-ethyl adjacent to an activating group) is 1. The van der Waals surface area contributed by atoms with E-state index in [1.165, 1.54) is 25.8 Å². The Morgan fingerprint density at radius 1 is 1.17 bits per heavy atom. The maximum Gasteiger partial charge on any atom is 0.253 e. The molecule has 1 amide bonds. The van der Waals surface area contributed by atoms with Crippen LogP contribution in [0.1, 0.15) is 29.6 Å². The highest BCUT2D eigenvalue weighted by molar-refractivity contribution is 6.30. The van der Waals surface area contributed by atoms with Crippen molar-refractivity contribution in [2.75, 3.05) is 46.3 Å². The molecule has 1 aromatic rings. The summed E-state index contributed by atoms with van der Waals surface area (Å²) in [4.78, 5) is 19.5. The Labute approximate surface area is 144 Å². The zero-order valence-corrected chi connectivity index (χ0v) is 14.6. The molecule has 0 aromatic heterocycles. The molecule has 0 radical (unpaired) electrons. The second-order valence-electron chi connectivity index (χ2n) is 6.73. The number of hydrogen-bond acceptors (Lipinski definition) is 3. The van der Waals surface area contributed by atoms with Gasteiger partial charge < -0.3 is 9.80 Å². The fraction of sp³-hybridized carbons (Fsp3) is 0.611. The molecule has 126 valence electrons. The molecule has 2 heterocycles. The Hall–Kier alpha value is -1.10. The largest absolute Gasteiger partial charge is 0.336 e. The first-order valence-corrected chi connectivity index (χ1v) is 8.99. The second-order valence-corrected chi connectivity index (χ2v) is 7.17. The maximum atomic E-state index is 12.5. The summed E-state index contributed by atoms with van der Waals surface area (Å²) >= 11 is 5.99. The van der Waals surface area contributed by atoms with E-state index in [0.717, 1.165) is 32.7 Å². The maximum absolute atomic E-state index is 12.5. The van der Waals surface area contributed by atoms with Gasteiger partial charge in [-0.05, 0) is 44.6 Å². The van der Waals surface area contributed by atoms with Gasteiger partial charge in [-0.1, -0.05) is 24.1 Å². The average molecular weight is 336 g/mol. The number of carbonyl (C=O) groups is 1. The zero-order chi connectivity index (χ0) is 16.2. The standard InChI is InChI=1S/C18H26ClN3O/c1-20-8-3-2-7-17(20)14-21-9-11-22(12-10-21)18(23)15-5-4-6-16(19)13-15/h4-6,13,17H,2-3,7-12,14H2,1H3. The first kappa shape index (κ1) is 16.7. The van der Waals surface area contributed by atoms with Crippen LogP contribution in [0.3, 0.4) is 0 Å². The lowest BCUT2D eigenvalue weighted by Crippen LogP contribution is -2.53. The number of carbonyl (C=O) groups excluding carboxylic acids is 1. The normalized spacial score (nSPS) is 23.9. The molecule has 0 N–H and O–H groups in total. The van der Waals surface area contributed by atoms with Gasteiger partial charge in [0.2, 0.25) is 0 Å². The van der Waals surface area contributed by atoms with Gasteiger partial charge in [0, 0.05) is 49.4 Å². The second kappa shape index (κ2) is 7.65. The Morgan fingerprint density at radius 2 is 1.96 bits per heavy atom. The number of piperazine rings is 1. The van der Waals surface area contributed by atoms with Gasteiger partial charge in [0.15, 0.2) is 0 Å². The lowest BCUT2D eigenvalue weighted by Gasteiger charge is -2.40. The fourth-order valence-electron chi connectivity index (χ4n) is 3.61. The van der Waals surface area contributed by atoms with Crippen LogP contribution in [0.25, 0.3) is 0 Å². The number of nitrogens with zero attached hydrogens (tertiary/aromatic N) is 3. The van der Waals surface area contributed by atoms with E-state index in [-0.39, 0.29) is 5.91 Å². The smallest absolute Gasteiger partial charge is 0.253 e. The van der Waals surface area contributed by atoms with Gasteiger partial charge in [-0.3, -0.25) is 9.69 Å². The number of benzene rings is 1. The lowest BCUT2D eigenvalue weighted by atomic mass is 10.0. The van der Waals surface area contributed by atoms with Crippen LogP contribution in [0.4, 0.5) is 0 Å². The molecule has 5 heteroatoms. The van der Waals surface area contributed by atoms with E-state index in [9.17, 15) is 4.79 Å². The summed E-state index contributed by atoms with van der Waals surface area (Å²) in [5.74, 6) is 0.0990. The number of amides is 1. The molecule has 2 fully saturated rings. The van der Waals surface area contributed by atoms with Crippen molar-refractivity contribution in [2.24, 2.45) is 0 Å². The van der Waals surface area contributed by atoms with Crippen LogP contribution in [-0.4, -0.2) is 73.0 Å². The number of likely N-dealkylation sites (tertiary alicyclic amines) is 1. The Balaban J connectivity index is 1.51. The molecule has 2 aliphatic rings. The molecule has 1 atom stereocenters. The fourth-order valence-corrected chi connectivity index (χ4v) is 3.80. The van der Waals surface area contributed by atoms with Gasteiger partial charge in [-0.15, -0.1) is 0 Å². The van der Waals surface area contributed by atoms with E-state index in [1.54, 1.807) is 12.1 Å². The van der Waals surface area contributed by atoms with Crippen molar-refractivity contribution in [2.45, 2.75) is 25.3 Å².